The molecular weight excluding hydrogens is 293 g/mol. The number of nitrogens with zero attached hydrogens (tertiary/aromatic N) is 3. The van der Waals surface area contributed by atoms with Gasteiger partial charge in [0, 0.05) is 11.8 Å². The van der Waals surface area contributed by atoms with E-state index in [0.717, 1.165) is 23.6 Å². The Labute approximate surface area is 126 Å². The number of methoxy groups -OCH3 is 1. The average Bonchev–Trinajstić information content (AvgIpc) is 3.25. The molecule has 0 unspecified atom stereocenters. The van der Waals surface area contributed by atoms with Crippen molar-refractivity contribution in [2.45, 2.75) is 36.4 Å². The van der Waals surface area contributed by atoms with Gasteiger partial charge in [0.25, 0.3) is 0 Å². The maximum Gasteiger partial charge on any atom is 0.191 e. The van der Waals surface area contributed by atoms with E-state index in [1.165, 1.54) is 24.9 Å². The molecule has 0 aliphatic heterocycles. The summed E-state index contributed by atoms with van der Waals surface area (Å²) in [6.07, 6.45) is 2.19. The molecule has 3 rings (SSSR count). The summed E-state index contributed by atoms with van der Waals surface area (Å²) in [5, 5.41) is 18.2. The molecule has 0 spiro atoms. The van der Waals surface area contributed by atoms with Crippen LogP contribution < -0.4 is 4.74 Å². The molecule has 5 nitrogen and oxygen atoms in total. The zero-order valence-electron chi connectivity index (χ0n) is 11.6. The first-order valence-corrected chi connectivity index (χ1v) is 7.71. The largest absolute Gasteiger partial charge is 0.494 e. The molecule has 7 heteroatoms. The van der Waals surface area contributed by atoms with E-state index in [0.29, 0.717) is 17.6 Å². The molecule has 0 radical (unpaired) electrons. The zero-order chi connectivity index (χ0) is 14.8. The SMILES string of the molecule is COc1ccc(CSc2nnc(CO)n2C2CC2)cc1F. The van der Waals surface area contributed by atoms with Crippen molar-refractivity contribution < 1.29 is 14.2 Å². The van der Waals surface area contributed by atoms with Gasteiger partial charge in [-0.15, -0.1) is 10.2 Å². The van der Waals surface area contributed by atoms with Crippen LogP contribution in [0.2, 0.25) is 0 Å². The second-order valence-corrected chi connectivity index (χ2v) is 5.86. The standard InChI is InChI=1S/C14H16FN3O2S/c1-20-12-5-2-9(6-11(12)15)8-21-14-17-16-13(7-19)18(14)10-3-4-10/h2,5-6,10,19H,3-4,7-8H2,1H3. The highest BCUT2D eigenvalue weighted by molar-refractivity contribution is 7.98. The lowest BCUT2D eigenvalue weighted by molar-refractivity contribution is 0.263. The Kier molecular flexibility index (Phi) is 4.12. The lowest BCUT2D eigenvalue weighted by Gasteiger charge is -2.08. The van der Waals surface area contributed by atoms with E-state index in [-0.39, 0.29) is 18.2 Å². The number of aliphatic hydroxyl groups is 1. The predicted octanol–water partition coefficient (Wildman–Crippen LogP) is 2.55. The lowest BCUT2D eigenvalue weighted by Crippen LogP contribution is -2.02. The van der Waals surface area contributed by atoms with Crippen LogP contribution in [0.1, 0.15) is 30.3 Å². The zero-order valence-corrected chi connectivity index (χ0v) is 12.4. The van der Waals surface area contributed by atoms with Crippen molar-refractivity contribution in [1.29, 1.82) is 0 Å². The minimum absolute atomic E-state index is 0.110. The van der Waals surface area contributed by atoms with Gasteiger partial charge in [-0.3, -0.25) is 0 Å². The first-order valence-electron chi connectivity index (χ1n) is 6.72. The van der Waals surface area contributed by atoms with E-state index in [1.807, 2.05) is 10.6 Å². The Balaban J connectivity index is 1.73. The van der Waals surface area contributed by atoms with E-state index in [2.05, 4.69) is 10.2 Å². The van der Waals surface area contributed by atoms with Crippen LogP contribution in [0, 0.1) is 5.82 Å². The highest BCUT2D eigenvalue weighted by Crippen LogP contribution is 2.39. The van der Waals surface area contributed by atoms with Crippen molar-refractivity contribution in [2.24, 2.45) is 0 Å². The molecule has 0 bridgehead atoms. The minimum Gasteiger partial charge on any atom is -0.494 e. The summed E-state index contributed by atoms with van der Waals surface area (Å²) in [5.74, 6) is 1.07. The molecule has 1 heterocycles. The number of rotatable bonds is 6. The van der Waals surface area contributed by atoms with Gasteiger partial charge >= 0.3 is 0 Å². The summed E-state index contributed by atoms with van der Waals surface area (Å²) in [4.78, 5) is 0. The van der Waals surface area contributed by atoms with Crippen LogP contribution in [-0.4, -0.2) is 27.0 Å². The van der Waals surface area contributed by atoms with Crippen LogP contribution >= 0.6 is 11.8 Å². The van der Waals surface area contributed by atoms with Crippen LogP contribution in [-0.2, 0) is 12.4 Å². The van der Waals surface area contributed by atoms with Crippen molar-refractivity contribution in [3.63, 3.8) is 0 Å². The van der Waals surface area contributed by atoms with Gasteiger partial charge in [0.05, 0.1) is 7.11 Å². The Hall–Kier alpha value is -1.60. The number of aromatic nitrogens is 3. The van der Waals surface area contributed by atoms with E-state index in [4.69, 9.17) is 4.74 Å². The summed E-state index contributed by atoms with van der Waals surface area (Å²) in [6.45, 7) is -0.110. The molecule has 1 aromatic heterocycles. The number of hydrogen-bond donors (Lipinski definition) is 1. The van der Waals surface area contributed by atoms with Crippen LogP contribution in [0.15, 0.2) is 23.4 Å². The van der Waals surface area contributed by atoms with Crippen molar-refractivity contribution >= 4 is 11.8 Å². The second-order valence-electron chi connectivity index (χ2n) is 4.92. The number of thioether (sulfide) groups is 1. The van der Waals surface area contributed by atoms with Crippen LogP contribution in [0.4, 0.5) is 4.39 Å². The lowest BCUT2D eigenvalue weighted by atomic mass is 10.2. The van der Waals surface area contributed by atoms with Crippen LogP contribution in [0.3, 0.4) is 0 Å². The molecule has 21 heavy (non-hydrogen) atoms. The fraction of sp³-hybridized carbons (Fsp3) is 0.429. The third-order valence-corrected chi connectivity index (χ3v) is 4.39. The average molecular weight is 309 g/mol. The van der Waals surface area contributed by atoms with Crippen LogP contribution in [0.5, 0.6) is 5.75 Å². The van der Waals surface area contributed by atoms with E-state index < -0.39 is 0 Å². The van der Waals surface area contributed by atoms with Gasteiger partial charge in [-0.05, 0) is 30.5 Å². The van der Waals surface area contributed by atoms with Gasteiger partial charge in [-0.25, -0.2) is 4.39 Å². The highest BCUT2D eigenvalue weighted by Gasteiger charge is 2.29. The number of hydrogen-bond acceptors (Lipinski definition) is 5. The third kappa shape index (κ3) is 3.03. The molecule has 1 aliphatic rings. The molecule has 1 aromatic carbocycles. The first kappa shape index (κ1) is 14.3. The van der Waals surface area contributed by atoms with Gasteiger partial charge in [-0.1, -0.05) is 17.8 Å². The molecule has 2 aromatic rings. The molecule has 0 amide bonds. The molecule has 112 valence electrons. The molecule has 1 N–H and O–H groups in total. The minimum atomic E-state index is -0.365. The summed E-state index contributed by atoms with van der Waals surface area (Å²) in [7, 11) is 1.45. The molecule has 1 aliphatic carbocycles. The van der Waals surface area contributed by atoms with Gasteiger partial charge < -0.3 is 14.4 Å². The van der Waals surface area contributed by atoms with Crippen molar-refractivity contribution in [3.05, 3.63) is 35.4 Å². The van der Waals surface area contributed by atoms with Crippen molar-refractivity contribution in [2.75, 3.05) is 7.11 Å². The van der Waals surface area contributed by atoms with Gasteiger partial charge in [-0.2, -0.15) is 0 Å². The number of aliphatic hydroxyl groups excluding tert-OH is 1. The number of ether oxygens (including phenoxy) is 1. The topological polar surface area (TPSA) is 60.2 Å². The van der Waals surface area contributed by atoms with E-state index in [9.17, 15) is 9.50 Å². The Morgan fingerprint density at radius 1 is 1.43 bits per heavy atom. The number of benzene rings is 1. The van der Waals surface area contributed by atoms with E-state index >= 15 is 0 Å². The Morgan fingerprint density at radius 2 is 2.24 bits per heavy atom. The molecule has 0 saturated heterocycles. The molecular formula is C14H16FN3O2S. The highest BCUT2D eigenvalue weighted by atomic mass is 32.2. The monoisotopic (exact) mass is 309 g/mol. The number of halogens is 1. The maximum atomic E-state index is 13.7. The molecule has 1 fully saturated rings. The quantitative estimate of drug-likeness (QED) is 0.831. The van der Waals surface area contributed by atoms with E-state index in [1.54, 1.807) is 6.07 Å². The van der Waals surface area contributed by atoms with Gasteiger partial charge in [0.15, 0.2) is 22.5 Å². The summed E-state index contributed by atoms with van der Waals surface area (Å²) < 4.78 is 20.5. The van der Waals surface area contributed by atoms with Crippen molar-refractivity contribution in [3.8, 4) is 5.75 Å². The second kappa shape index (κ2) is 6.03. The predicted molar refractivity (Wildman–Crippen MR) is 76.7 cm³/mol. The fourth-order valence-corrected chi connectivity index (χ4v) is 3.13. The Bertz CT molecular complexity index is 643. The van der Waals surface area contributed by atoms with Gasteiger partial charge in [0.2, 0.25) is 0 Å². The molecule has 0 atom stereocenters. The Morgan fingerprint density at radius 3 is 2.86 bits per heavy atom. The summed E-state index contributed by atoms with van der Waals surface area (Å²) in [6, 6.07) is 5.32. The van der Waals surface area contributed by atoms with Crippen molar-refractivity contribution in [1.82, 2.24) is 14.8 Å². The summed E-state index contributed by atoms with van der Waals surface area (Å²) >= 11 is 1.50. The smallest absolute Gasteiger partial charge is 0.191 e. The first-order chi connectivity index (χ1) is 10.2. The summed E-state index contributed by atoms with van der Waals surface area (Å²) in [5.41, 5.74) is 0.856. The molecule has 1 saturated carbocycles. The van der Waals surface area contributed by atoms with Crippen LogP contribution in [0.25, 0.3) is 0 Å². The van der Waals surface area contributed by atoms with Gasteiger partial charge in [0.1, 0.15) is 6.61 Å². The normalized spacial score (nSPS) is 14.4. The fourth-order valence-electron chi connectivity index (χ4n) is 2.16. The third-order valence-electron chi connectivity index (χ3n) is 3.37. The maximum absolute atomic E-state index is 13.7.